The largest absolute Gasteiger partial charge is 0.489 e. The summed E-state index contributed by atoms with van der Waals surface area (Å²) in [5.74, 6) is 0.482. The molecule has 0 saturated carbocycles. The second-order valence-electron chi connectivity index (χ2n) is 10.4. The minimum absolute atomic E-state index is 0.178. The quantitative estimate of drug-likeness (QED) is 0.325. The molecule has 33 heavy (non-hydrogen) atoms. The molecule has 0 N–H and O–H groups in total. The number of likely N-dealkylation sites (tertiary alicyclic amines) is 1. The maximum Gasteiger partial charge on any atom is 0.337 e. The fourth-order valence-electron chi connectivity index (χ4n) is 3.71. The lowest BCUT2D eigenvalue weighted by molar-refractivity contribution is 0.0600. The van der Waals surface area contributed by atoms with Crippen molar-refractivity contribution in [3.8, 4) is 5.75 Å². The van der Waals surface area contributed by atoms with Crippen LogP contribution in [0.15, 0.2) is 42.5 Å². The maximum atomic E-state index is 12.1. The van der Waals surface area contributed by atoms with Crippen LogP contribution in [0.4, 0.5) is 0 Å². The monoisotopic (exact) mass is 469 g/mol. The van der Waals surface area contributed by atoms with Gasteiger partial charge in [-0.05, 0) is 85.0 Å². The second kappa shape index (κ2) is 10.8. The van der Waals surface area contributed by atoms with Crippen molar-refractivity contribution in [3.63, 3.8) is 0 Å². The van der Waals surface area contributed by atoms with E-state index in [1.807, 2.05) is 30.3 Å². The molecule has 0 spiro atoms. The van der Waals surface area contributed by atoms with Gasteiger partial charge in [-0.1, -0.05) is 39.0 Å². The molecule has 1 aliphatic rings. The van der Waals surface area contributed by atoms with Crippen molar-refractivity contribution >= 4 is 14.3 Å². The third-order valence-electron chi connectivity index (χ3n) is 6.92. The summed E-state index contributed by atoms with van der Waals surface area (Å²) in [6.07, 6.45) is 2.49. The van der Waals surface area contributed by atoms with Crippen LogP contribution in [0.25, 0.3) is 0 Å². The van der Waals surface area contributed by atoms with Crippen LogP contribution in [0.5, 0.6) is 5.75 Å². The zero-order chi connectivity index (χ0) is 24.1. The van der Waals surface area contributed by atoms with Crippen molar-refractivity contribution in [1.29, 1.82) is 0 Å². The summed E-state index contributed by atoms with van der Waals surface area (Å²) in [4.78, 5) is 14.5. The molecular formula is C27H39NO4Si. The Hall–Kier alpha value is -2.15. The summed E-state index contributed by atoms with van der Waals surface area (Å²) in [5.41, 5.74) is 3.88. The van der Waals surface area contributed by atoms with Gasteiger partial charge in [0.15, 0.2) is 8.32 Å². The highest BCUT2D eigenvalue weighted by molar-refractivity contribution is 6.74. The zero-order valence-corrected chi connectivity index (χ0v) is 22.1. The van der Waals surface area contributed by atoms with Crippen LogP contribution in [0.3, 0.4) is 0 Å². The highest BCUT2D eigenvalue weighted by atomic mass is 28.4. The summed E-state index contributed by atoms with van der Waals surface area (Å²) in [6, 6.07) is 13.9. The van der Waals surface area contributed by atoms with E-state index in [-0.39, 0.29) is 11.0 Å². The Labute approximate surface area is 200 Å². The summed E-state index contributed by atoms with van der Waals surface area (Å²) in [6.45, 7) is 15.4. The van der Waals surface area contributed by atoms with E-state index < -0.39 is 8.32 Å². The summed E-state index contributed by atoms with van der Waals surface area (Å²) in [7, 11) is -0.401. The molecule has 0 aliphatic carbocycles. The molecule has 0 unspecified atom stereocenters. The number of rotatable bonds is 9. The van der Waals surface area contributed by atoms with E-state index in [0.717, 1.165) is 36.5 Å². The highest BCUT2D eigenvalue weighted by Crippen LogP contribution is 2.37. The van der Waals surface area contributed by atoms with Gasteiger partial charge < -0.3 is 13.9 Å². The zero-order valence-electron chi connectivity index (χ0n) is 21.1. The van der Waals surface area contributed by atoms with E-state index in [0.29, 0.717) is 18.8 Å². The highest BCUT2D eigenvalue weighted by Gasteiger charge is 2.37. The van der Waals surface area contributed by atoms with Gasteiger partial charge in [0.2, 0.25) is 0 Å². The standard InChI is InChI=1S/C27H39NO4Si/c1-27(2,3)33(5,6)32-19-21-10-9-11-25(16-21)31-20-24-17-22(26(29)30-4)12-13-23(24)18-28-14-7-8-15-28/h9-13,16-17H,7-8,14-15,18-20H2,1-6H3. The van der Waals surface area contributed by atoms with E-state index in [1.54, 1.807) is 0 Å². The van der Waals surface area contributed by atoms with Crippen molar-refractivity contribution in [3.05, 3.63) is 64.7 Å². The molecule has 6 heteroatoms. The van der Waals surface area contributed by atoms with E-state index >= 15 is 0 Å². The number of ether oxygens (including phenoxy) is 2. The van der Waals surface area contributed by atoms with Crippen molar-refractivity contribution in [2.75, 3.05) is 20.2 Å². The normalized spacial score (nSPS) is 15.0. The molecule has 2 aromatic carbocycles. The van der Waals surface area contributed by atoms with E-state index in [1.165, 1.54) is 25.5 Å². The lowest BCUT2D eigenvalue weighted by atomic mass is 10.0. The maximum absolute atomic E-state index is 12.1. The Balaban J connectivity index is 1.71. The number of hydrogen-bond acceptors (Lipinski definition) is 5. The van der Waals surface area contributed by atoms with Gasteiger partial charge in [0.05, 0.1) is 19.3 Å². The van der Waals surface area contributed by atoms with Crippen LogP contribution < -0.4 is 4.74 Å². The van der Waals surface area contributed by atoms with Gasteiger partial charge in [-0.2, -0.15) is 0 Å². The van der Waals surface area contributed by atoms with Gasteiger partial charge >= 0.3 is 5.97 Å². The molecule has 1 heterocycles. The number of nitrogens with zero attached hydrogens (tertiary/aromatic N) is 1. The van der Waals surface area contributed by atoms with Crippen LogP contribution in [0.1, 0.15) is 60.7 Å². The molecule has 0 aromatic heterocycles. The number of carbonyl (C=O) groups excluding carboxylic acids is 1. The van der Waals surface area contributed by atoms with Crippen molar-refractivity contribution in [2.45, 2.75) is 71.5 Å². The van der Waals surface area contributed by atoms with Gasteiger partial charge in [0.25, 0.3) is 0 Å². The third-order valence-corrected chi connectivity index (χ3v) is 11.4. The van der Waals surface area contributed by atoms with Gasteiger partial charge in [-0.3, -0.25) is 4.90 Å². The first-order valence-corrected chi connectivity index (χ1v) is 14.8. The van der Waals surface area contributed by atoms with Crippen molar-refractivity contribution < 1.29 is 18.7 Å². The fourth-order valence-corrected chi connectivity index (χ4v) is 4.67. The number of benzene rings is 2. The fraction of sp³-hybridized carbons (Fsp3) is 0.519. The van der Waals surface area contributed by atoms with Crippen LogP contribution in [0, 0.1) is 0 Å². The molecule has 0 amide bonds. The van der Waals surface area contributed by atoms with Gasteiger partial charge in [-0.25, -0.2) is 4.79 Å². The smallest absolute Gasteiger partial charge is 0.337 e. The van der Waals surface area contributed by atoms with Crippen LogP contribution in [-0.2, 0) is 28.9 Å². The first-order valence-electron chi connectivity index (χ1n) is 11.9. The van der Waals surface area contributed by atoms with E-state index in [9.17, 15) is 4.79 Å². The molecule has 0 atom stereocenters. The van der Waals surface area contributed by atoms with Crippen LogP contribution in [0.2, 0.25) is 18.1 Å². The molecule has 1 fully saturated rings. The molecule has 2 aromatic rings. The molecular weight excluding hydrogens is 430 g/mol. The Kier molecular flexibility index (Phi) is 8.37. The Morgan fingerprint density at radius 3 is 2.39 bits per heavy atom. The lowest BCUT2D eigenvalue weighted by Gasteiger charge is -2.36. The van der Waals surface area contributed by atoms with Crippen molar-refractivity contribution in [2.24, 2.45) is 0 Å². The average Bonchev–Trinajstić information content (AvgIpc) is 3.29. The number of esters is 1. The SMILES string of the molecule is COC(=O)c1ccc(CN2CCCC2)c(COc2cccc(CO[Si](C)(C)C(C)(C)C)c2)c1. The molecule has 0 radical (unpaired) electrons. The van der Waals surface area contributed by atoms with Gasteiger partial charge in [-0.15, -0.1) is 0 Å². The topological polar surface area (TPSA) is 48.0 Å². The second-order valence-corrected chi connectivity index (χ2v) is 15.3. The first-order chi connectivity index (χ1) is 15.6. The minimum atomic E-state index is -1.81. The number of carbonyl (C=O) groups is 1. The third kappa shape index (κ3) is 6.92. The minimum Gasteiger partial charge on any atom is -0.489 e. The number of methoxy groups -OCH3 is 1. The molecule has 1 saturated heterocycles. The molecule has 180 valence electrons. The molecule has 3 rings (SSSR count). The molecule has 0 bridgehead atoms. The summed E-state index contributed by atoms with van der Waals surface area (Å²) >= 11 is 0. The first kappa shape index (κ1) is 25.5. The predicted molar refractivity (Wildman–Crippen MR) is 135 cm³/mol. The molecule has 1 aliphatic heterocycles. The van der Waals surface area contributed by atoms with Gasteiger partial charge in [0, 0.05) is 6.54 Å². The Morgan fingerprint density at radius 2 is 1.73 bits per heavy atom. The lowest BCUT2D eigenvalue weighted by Crippen LogP contribution is -2.40. The Bertz CT molecular complexity index is 945. The van der Waals surface area contributed by atoms with Crippen LogP contribution in [-0.4, -0.2) is 39.4 Å². The van der Waals surface area contributed by atoms with Crippen molar-refractivity contribution in [1.82, 2.24) is 4.90 Å². The predicted octanol–water partition coefficient (Wildman–Crippen LogP) is 6.17. The molecule has 5 nitrogen and oxygen atoms in total. The van der Waals surface area contributed by atoms with E-state index in [2.05, 4.69) is 50.9 Å². The number of hydrogen-bond donors (Lipinski definition) is 0. The Morgan fingerprint density at radius 1 is 1.00 bits per heavy atom. The van der Waals surface area contributed by atoms with E-state index in [4.69, 9.17) is 13.9 Å². The van der Waals surface area contributed by atoms with Crippen LogP contribution >= 0.6 is 0 Å². The average molecular weight is 470 g/mol. The van der Waals surface area contributed by atoms with Gasteiger partial charge in [0.1, 0.15) is 12.4 Å². The summed E-state index contributed by atoms with van der Waals surface area (Å²) in [5, 5.41) is 0.178. The summed E-state index contributed by atoms with van der Waals surface area (Å²) < 4.78 is 17.5.